The van der Waals surface area contributed by atoms with Crippen molar-refractivity contribution in [3.8, 4) is 0 Å². The van der Waals surface area contributed by atoms with Gasteiger partial charge in [0.15, 0.2) is 0 Å². The van der Waals surface area contributed by atoms with E-state index in [1.807, 2.05) is 11.8 Å². The Morgan fingerprint density at radius 3 is 2.93 bits per heavy atom. The second kappa shape index (κ2) is 4.71. The van der Waals surface area contributed by atoms with Crippen molar-refractivity contribution < 1.29 is 9.53 Å². The minimum absolute atomic E-state index is 0.0713. The summed E-state index contributed by atoms with van der Waals surface area (Å²) >= 11 is 6.07. The van der Waals surface area contributed by atoms with Crippen molar-refractivity contribution in [2.45, 2.75) is 37.7 Å². The Morgan fingerprint density at radius 1 is 1.53 bits per heavy atom. The van der Waals surface area contributed by atoms with Crippen molar-refractivity contribution in [3.63, 3.8) is 0 Å². The molecule has 15 heavy (non-hydrogen) atoms. The van der Waals surface area contributed by atoms with E-state index in [1.165, 1.54) is 0 Å². The summed E-state index contributed by atoms with van der Waals surface area (Å²) in [5.74, 6) is 0.312. The first kappa shape index (κ1) is 11.2. The quantitative estimate of drug-likeness (QED) is 0.643. The maximum absolute atomic E-state index is 12.1. The molecule has 4 heteroatoms. The third-order valence-corrected chi connectivity index (χ3v) is 3.58. The van der Waals surface area contributed by atoms with Gasteiger partial charge in [-0.2, -0.15) is 0 Å². The summed E-state index contributed by atoms with van der Waals surface area (Å²) in [5.41, 5.74) is 0. The van der Waals surface area contributed by atoms with E-state index in [4.69, 9.17) is 16.3 Å². The summed E-state index contributed by atoms with van der Waals surface area (Å²) in [6.07, 6.45) is 3.16. The summed E-state index contributed by atoms with van der Waals surface area (Å²) in [5, 5.41) is 0.141. The van der Waals surface area contributed by atoms with Crippen LogP contribution in [0, 0.1) is 5.92 Å². The fourth-order valence-electron chi connectivity index (χ4n) is 2.37. The Balaban J connectivity index is 1.89. The number of likely N-dealkylation sites (tertiary alicyclic amines) is 1. The summed E-state index contributed by atoms with van der Waals surface area (Å²) in [7, 11) is 0. The maximum Gasteiger partial charge on any atom is 0.228 e. The first-order valence-electron chi connectivity index (χ1n) is 5.71. The molecule has 2 aliphatic rings. The Morgan fingerprint density at radius 2 is 2.33 bits per heavy atom. The fourth-order valence-corrected chi connectivity index (χ4v) is 2.69. The predicted octanol–water partition coefficient (Wildman–Crippen LogP) is 1.64. The normalized spacial score (nSPS) is 36.9. The number of rotatable bonds is 1. The van der Waals surface area contributed by atoms with Gasteiger partial charge in [-0.3, -0.25) is 4.79 Å². The third kappa shape index (κ3) is 2.64. The molecule has 0 N–H and O–H groups in total. The largest absolute Gasteiger partial charge is 0.378 e. The highest BCUT2D eigenvalue weighted by Crippen LogP contribution is 2.24. The molecule has 1 amide bonds. The van der Waals surface area contributed by atoms with Gasteiger partial charge < -0.3 is 9.64 Å². The molecule has 0 aromatic heterocycles. The molecule has 3 nitrogen and oxygen atoms in total. The van der Waals surface area contributed by atoms with E-state index in [-0.39, 0.29) is 23.3 Å². The molecule has 2 heterocycles. The highest BCUT2D eigenvalue weighted by Gasteiger charge is 2.33. The van der Waals surface area contributed by atoms with Crippen LogP contribution in [0.5, 0.6) is 0 Å². The van der Waals surface area contributed by atoms with Crippen LogP contribution in [0.4, 0.5) is 0 Å². The molecule has 0 bridgehead atoms. The molecule has 0 spiro atoms. The molecule has 2 saturated heterocycles. The van der Waals surface area contributed by atoms with Gasteiger partial charge in [0.2, 0.25) is 5.91 Å². The second-order valence-electron chi connectivity index (χ2n) is 4.60. The van der Waals surface area contributed by atoms with Crippen molar-refractivity contribution >= 4 is 17.5 Å². The van der Waals surface area contributed by atoms with E-state index < -0.39 is 0 Å². The molecule has 0 aromatic rings. The Bertz CT molecular complexity index is 247. The van der Waals surface area contributed by atoms with Crippen molar-refractivity contribution in [2.24, 2.45) is 5.92 Å². The molecule has 0 aromatic carbocycles. The molecule has 0 radical (unpaired) electrons. The van der Waals surface area contributed by atoms with E-state index in [0.29, 0.717) is 13.2 Å². The van der Waals surface area contributed by atoms with Crippen LogP contribution >= 0.6 is 11.6 Å². The lowest BCUT2D eigenvalue weighted by Gasteiger charge is -2.31. The van der Waals surface area contributed by atoms with Gasteiger partial charge in [-0.1, -0.05) is 0 Å². The van der Waals surface area contributed by atoms with Crippen molar-refractivity contribution in [3.05, 3.63) is 0 Å². The Kier molecular flexibility index (Phi) is 3.52. The van der Waals surface area contributed by atoms with E-state index in [2.05, 4.69) is 0 Å². The average Bonchev–Trinajstić information content (AvgIpc) is 2.64. The highest BCUT2D eigenvalue weighted by molar-refractivity contribution is 6.20. The number of amides is 1. The summed E-state index contributed by atoms with van der Waals surface area (Å²) in [6, 6.07) is 0. The number of halogens is 1. The number of hydrogen-bond donors (Lipinski definition) is 0. The first-order valence-corrected chi connectivity index (χ1v) is 6.15. The van der Waals surface area contributed by atoms with Gasteiger partial charge in [0.25, 0.3) is 0 Å². The smallest absolute Gasteiger partial charge is 0.228 e. The van der Waals surface area contributed by atoms with Crippen LogP contribution in [-0.4, -0.2) is 42.0 Å². The van der Waals surface area contributed by atoms with Gasteiger partial charge in [-0.25, -0.2) is 0 Å². The standard InChI is InChI=1S/C11H18ClNO2/c1-8-5-9(7-15-8)11(14)13-4-2-3-10(12)6-13/h8-10H,2-7H2,1H3. The molecule has 3 unspecified atom stereocenters. The number of nitrogens with zero attached hydrogens (tertiary/aromatic N) is 1. The Labute approximate surface area is 95.7 Å². The molecule has 2 rings (SSSR count). The molecular weight excluding hydrogens is 214 g/mol. The highest BCUT2D eigenvalue weighted by atomic mass is 35.5. The van der Waals surface area contributed by atoms with Gasteiger partial charge in [-0.05, 0) is 26.2 Å². The van der Waals surface area contributed by atoms with E-state index in [1.54, 1.807) is 0 Å². The van der Waals surface area contributed by atoms with Gasteiger partial charge in [0.1, 0.15) is 0 Å². The molecular formula is C11H18ClNO2. The van der Waals surface area contributed by atoms with Crippen LogP contribution in [0.1, 0.15) is 26.2 Å². The van der Waals surface area contributed by atoms with Crippen LogP contribution in [0.25, 0.3) is 0 Å². The first-order chi connectivity index (χ1) is 7.16. The zero-order valence-corrected chi connectivity index (χ0v) is 9.87. The fraction of sp³-hybridized carbons (Fsp3) is 0.909. The lowest BCUT2D eigenvalue weighted by atomic mass is 10.0. The number of ether oxygens (including phenoxy) is 1. The number of carbonyl (C=O) groups is 1. The molecule has 86 valence electrons. The average molecular weight is 232 g/mol. The van der Waals surface area contributed by atoms with Crippen LogP contribution in [0.2, 0.25) is 0 Å². The number of hydrogen-bond acceptors (Lipinski definition) is 2. The van der Waals surface area contributed by atoms with Gasteiger partial charge in [0.05, 0.1) is 24.0 Å². The summed E-state index contributed by atoms with van der Waals surface area (Å²) in [4.78, 5) is 14.0. The second-order valence-corrected chi connectivity index (χ2v) is 5.22. The lowest BCUT2D eigenvalue weighted by Crippen LogP contribution is -2.43. The van der Waals surface area contributed by atoms with Crippen LogP contribution in [0.15, 0.2) is 0 Å². The van der Waals surface area contributed by atoms with Gasteiger partial charge in [-0.15, -0.1) is 11.6 Å². The van der Waals surface area contributed by atoms with E-state index in [0.717, 1.165) is 25.8 Å². The van der Waals surface area contributed by atoms with Crippen LogP contribution < -0.4 is 0 Å². The van der Waals surface area contributed by atoms with E-state index >= 15 is 0 Å². The topological polar surface area (TPSA) is 29.5 Å². The zero-order chi connectivity index (χ0) is 10.8. The predicted molar refractivity (Wildman–Crippen MR) is 59.0 cm³/mol. The number of alkyl halides is 1. The summed E-state index contributed by atoms with van der Waals surface area (Å²) < 4.78 is 5.42. The lowest BCUT2D eigenvalue weighted by molar-refractivity contribution is -0.136. The monoisotopic (exact) mass is 231 g/mol. The van der Waals surface area contributed by atoms with Crippen LogP contribution in [-0.2, 0) is 9.53 Å². The zero-order valence-electron chi connectivity index (χ0n) is 9.12. The van der Waals surface area contributed by atoms with Crippen LogP contribution in [0.3, 0.4) is 0 Å². The van der Waals surface area contributed by atoms with Crippen molar-refractivity contribution in [2.75, 3.05) is 19.7 Å². The molecule has 0 saturated carbocycles. The molecule has 2 fully saturated rings. The number of carbonyl (C=O) groups excluding carboxylic acids is 1. The minimum Gasteiger partial charge on any atom is -0.378 e. The van der Waals surface area contributed by atoms with E-state index in [9.17, 15) is 4.79 Å². The van der Waals surface area contributed by atoms with Gasteiger partial charge >= 0.3 is 0 Å². The maximum atomic E-state index is 12.1. The molecule has 0 aliphatic carbocycles. The minimum atomic E-state index is 0.0713. The van der Waals surface area contributed by atoms with Crippen molar-refractivity contribution in [1.29, 1.82) is 0 Å². The Hall–Kier alpha value is -0.280. The third-order valence-electron chi connectivity index (χ3n) is 3.22. The SMILES string of the molecule is CC1CC(C(=O)N2CCCC(Cl)C2)CO1. The van der Waals surface area contributed by atoms with Gasteiger partial charge in [0, 0.05) is 13.1 Å². The van der Waals surface area contributed by atoms with Crippen molar-refractivity contribution in [1.82, 2.24) is 4.90 Å². The number of piperidine rings is 1. The molecule has 2 aliphatic heterocycles. The molecule has 3 atom stereocenters. The summed E-state index contributed by atoms with van der Waals surface area (Å²) in [6.45, 7) is 4.19.